The Bertz CT molecular complexity index is 359. The molecule has 2 heterocycles. The molecule has 1 aliphatic heterocycles. The van der Waals surface area contributed by atoms with Gasteiger partial charge in [0.1, 0.15) is 0 Å². The van der Waals surface area contributed by atoms with E-state index in [0.717, 1.165) is 31.7 Å². The van der Waals surface area contributed by atoms with E-state index in [9.17, 15) is 5.11 Å². The number of nitrogens with zero attached hydrogens (tertiary/aromatic N) is 3. The summed E-state index contributed by atoms with van der Waals surface area (Å²) in [5, 5.41) is 10.1. The Labute approximate surface area is 100 Å². The molecule has 2 rings (SSSR count). The highest BCUT2D eigenvalue weighted by molar-refractivity contribution is 6.31. The lowest BCUT2D eigenvalue weighted by molar-refractivity contribution is 0.115. The van der Waals surface area contributed by atoms with Crippen LogP contribution in [0.3, 0.4) is 0 Å². The molecule has 0 saturated carbocycles. The Morgan fingerprint density at radius 1 is 1.50 bits per heavy atom. The second kappa shape index (κ2) is 4.97. The first kappa shape index (κ1) is 11.6. The third-order valence-electron chi connectivity index (χ3n) is 3.08. The van der Waals surface area contributed by atoms with Crippen LogP contribution in [0.4, 0.5) is 5.82 Å². The molecular weight excluding hydrogens is 226 g/mol. The van der Waals surface area contributed by atoms with Gasteiger partial charge in [0.15, 0.2) is 11.0 Å². The molecule has 1 aromatic rings. The van der Waals surface area contributed by atoms with Crippen LogP contribution in [0.2, 0.25) is 5.15 Å². The van der Waals surface area contributed by atoms with Crippen molar-refractivity contribution >= 4 is 17.4 Å². The highest BCUT2D eigenvalue weighted by Crippen LogP contribution is 2.27. The molecule has 0 radical (unpaired) electrons. The Morgan fingerprint density at radius 3 is 2.94 bits per heavy atom. The molecule has 2 unspecified atom stereocenters. The van der Waals surface area contributed by atoms with Gasteiger partial charge in [0.05, 0.1) is 6.10 Å². The molecule has 0 spiro atoms. The molecule has 1 N–H and O–H groups in total. The molecule has 5 heteroatoms. The summed E-state index contributed by atoms with van der Waals surface area (Å²) in [4.78, 5) is 10.4. The Hall–Kier alpha value is -0.870. The summed E-state index contributed by atoms with van der Waals surface area (Å²) in [5.41, 5.74) is 0. The normalized spacial score (nSPS) is 23.2. The lowest BCUT2D eigenvalue weighted by Gasteiger charge is -2.34. The molecule has 2 atom stereocenters. The van der Waals surface area contributed by atoms with Gasteiger partial charge >= 0.3 is 0 Å². The number of anilines is 1. The van der Waals surface area contributed by atoms with Crippen molar-refractivity contribution in [2.75, 3.05) is 18.0 Å². The van der Waals surface area contributed by atoms with Crippen molar-refractivity contribution in [2.45, 2.75) is 25.9 Å². The van der Waals surface area contributed by atoms with Gasteiger partial charge in [-0.2, -0.15) is 0 Å². The third-order valence-corrected chi connectivity index (χ3v) is 3.34. The Kier molecular flexibility index (Phi) is 3.61. The highest BCUT2D eigenvalue weighted by atomic mass is 35.5. The van der Waals surface area contributed by atoms with Crippen LogP contribution >= 0.6 is 11.6 Å². The quantitative estimate of drug-likeness (QED) is 0.857. The molecule has 4 nitrogen and oxygen atoms in total. The van der Waals surface area contributed by atoms with E-state index >= 15 is 0 Å². The summed E-state index contributed by atoms with van der Waals surface area (Å²) < 4.78 is 0. The van der Waals surface area contributed by atoms with Gasteiger partial charge in [0.2, 0.25) is 0 Å². The average Bonchev–Trinajstić information content (AvgIpc) is 2.30. The zero-order chi connectivity index (χ0) is 11.5. The van der Waals surface area contributed by atoms with E-state index < -0.39 is 0 Å². The minimum Gasteiger partial charge on any atom is -0.393 e. The third kappa shape index (κ3) is 2.44. The second-order valence-electron chi connectivity index (χ2n) is 4.26. The standard InChI is InChI=1S/C11H16ClN3O/c1-8(16)9-3-2-6-15(7-9)11-10(12)13-4-5-14-11/h4-5,8-9,16H,2-3,6-7H2,1H3. The summed E-state index contributed by atoms with van der Waals surface area (Å²) in [5.74, 6) is 1.03. The van der Waals surface area contributed by atoms with Crippen molar-refractivity contribution in [3.63, 3.8) is 0 Å². The smallest absolute Gasteiger partial charge is 0.171 e. The zero-order valence-corrected chi connectivity index (χ0v) is 10.1. The van der Waals surface area contributed by atoms with Crippen molar-refractivity contribution < 1.29 is 5.11 Å². The van der Waals surface area contributed by atoms with Crippen LogP contribution in [0.15, 0.2) is 12.4 Å². The van der Waals surface area contributed by atoms with E-state index in [1.165, 1.54) is 0 Å². The van der Waals surface area contributed by atoms with Crippen LogP contribution in [-0.4, -0.2) is 34.3 Å². The summed E-state index contributed by atoms with van der Waals surface area (Å²) in [6, 6.07) is 0. The lowest BCUT2D eigenvalue weighted by atomic mass is 9.93. The molecule has 1 saturated heterocycles. The maximum atomic E-state index is 9.62. The van der Waals surface area contributed by atoms with Crippen molar-refractivity contribution in [3.8, 4) is 0 Å². The molecule has 1 fully saturated rings. The van der Waals surface area contributed by atoms with Crippen molar-refractivity contribution in [1.29, 1.82) is 0 Å². The Balaban J connectivity index is 2.13. The largest absolute Gasteiger partial charge is 0.393 e. The van der Waals surface area contributed by atoms with Crippen molar-refractivity contribution in [1.82, 2.24) is 9.97 Å². The topological polar surface area (TPSA) is 49.2 Å². The predicted octanol–water partition coefficient (Wildman–Crippen LogP) is 1.73. The molecule has 0 bridgehead atoms. The number of aliphatic hydroxyl groups excluding tert-OH is 1. The minimum atomic E-state index is -0.279. The first-order valence-corrected chi connectivity index (χ1v) is 5.96. The minimum absolute atomic E-state index is 0.279. The van der Waals surface area contributed by atoms with E-state index in [2.05, 4.69) is 14.9 Å². The molecule has 1 aromatic heterocycles. The van der Waals surface area contributed by atoms with Gasteiger partial charge in [-0.15, -0.1) is 0 Å². The number of aliphatic hydroxyl groups is 1. The molecule has 1 aliphatic rings. The predicted molar refractivity (Wildman–Crippen MR) is 63.7 cm³/mol. The van der Waals surface area contributed by atoms with Gasteiger partial charge in [-0.05, 0) is 19.8 Å². The number of piperidine rings is 1. The molecule has 0 aromatic carbocycles. The average molecular weight is 242 g/mol. The fourth-order valence-electron chi connectivity index (χ4n) is 2.12. The van der Waals surface area contributed by atoms with E-state index in [1.807, 2.05) is 6.92 Å². The zero-order valence-electron chi connectivity index (χ0n) is 9.30. The summed E-state index contributed by atoms with van der Waals surface area (Å²) >= 11 is 6.01. The summed E-state index contributed by atoms with van der Waals surface area (Å²) in [7, 11) is 0. The molecular formula is C11H16ClN3O. The van der Waals surface area contributed by atoms with Gasteiger partial charge in [0.25, 0.3) is 0 Å². The SMILES string of the molecule is CC(O)C1CCCN(c2nccnc2Cl)C1. The van der Waals surface area contributed by atoms with E-state index in [-0.39, 0.29) is 6.10 Å². The first-order chi connectivity index (χ1) is 7.68. The monoisotopic (exact) mass is 241 g/mol. The Morgan fingerprint density at radius 2 is 2.25 bits per heavy atom. The van der Waals surface area contributed by atoms with Crippen LogP contribution in [-0.2, 0) is 0 Å². The second-order valence-corrected chi connectivity index (χ2v) is 4.62. The molecule has 88 valence electrons. The fraction of sp³-hybridized carbons (Fsp3) is 0.636. The maximum absolute atomic E-state index is 9.62. The van der Waals surface area contributed by atoms with E-state index in [4.69, 9.17) is 11.6 Å². The number of hydrogen-bond acceptors (Lipinski definition) is 4. The molecule has 0 amide bonds. The highest BCUT2D eigenvalue weighted by Gasteiger charge is 2.25. The van der Waals surface area contributed by atoms with Crippen LogP contribution in [0, 0.1) is 5.92 Å². The van der Waals surface area contributed by atoms with Crippen LogP contribution in [0.1, 0.15) is 19.8 Å². The number of aromatic nitrogens is 2. The van der Waals surface area contributed by atoms with Gasteiger partial charge in [0, 0.05) is 31.4 Å². The van der Waals surface area contributed by atoms with Gasteiger partial charge in [-0.3, -0.25) is 0 Å². The first-order valence-electron chi connectivity index (χ1n) is 5.58. The van der Waals surface area contributed by atoms with Crippen LogP contribution in [0.25, 0.3) is 0 Å². The fourth-order valence-corrected chi connectivity index (χ4v) is 2.35. The van der Waals surface area contributed by atoms with Gasteiger partial charge < -0.3 is 10.0 Å². The summed E-state index contributed by atoms with van der Waals surface area (Å²) in [6.45, 7) is 3.57. The summed E-state index contributed by atoms with van der Waals surface area (Å²) in [6.07, 6.45) is 5.07. The van der Waals surface area contributed by atoms with Crippen LogP contribution in [0.5, 0.6) is 0 Å². The molecule has 0 aliphatic carbocycles. The number of halogens is 1. The van der Waals surface area contributed by atoms with Crippen molar-refractivity contribution in [2.24, 2.45) is 5.92 Å². The number of rotatable bonds is 2. The van der Waals surface area contributed by atoms with Crippen molar-refractivity contribution in [3.05, 3.63) is 17.5 Å². The van der Waals surface area contributed by atoms with Crippen LogP contribution < -0.4 is 4.90 Å². The van der Waals surface area contributed by atoms with Gasteiger partial charge in [-0.1, -0.05) is 11.6 Å². The van der Waals surface area contributed by atoms with E-state index in [1.54, 1.807) is 12.4 Å². The number of hydrogen-bond donors (Lipinski definition) is 1. The van der Waals surface area contributed by atoms with E-state index in [0.29, 0.717) is 11.1 Å². The van der Waals surface area contributed by atoms with Gasteiger partial charge in [-0.25, -0.2) is 9.97 Å². The lowest BCUT2D eigenvalue weighted by Crippen LogP contribution is -2.40. The molecule has 16 heavy (non-hydrogen) atoms. The maximum Gasteiger partial charge on any atom is 0.171 e.